The van der Waals surface area contributed by atoms with Crippen molar-refractivity contribution in [2.24, 2.45) is 0 Å². The van der Waals surface area contributed by atoms with Gasteiger partial charge in [0.05, 0.1) is 36.8 Å². The molecule has 0 radical (unpaired) electrons. The van der Waals surface area contributed by atoms with Gasteiger partial charge in [0.1, 0.15) is 17.2 Å². The number of carbonyl (C=O) groups is 3. The summed E-state index contributed by atoms with van der Waals surface area (Å²) in [7, 11) is -4.37. The van der Waals surface area contributed by atoms with Crippen LogP contribution in [0.15, 0.2) is 18.2 Å². The maximum Gasteiger partial charge on any atom is 0.573 e. The van der Waals surface area contributed by atoms with Gasteiger partial charge < -0.3 is 14.2 Å². The molecule has 2 atom stereocenters. The molecular formula is C24H27F3N2O6P+. The molecule has 194 valence electrons. The molecule has 0 saturated carbocycles. The maximum atomic E-state index is 13.5. The highest BCUT2D eigenvalue weighted by atomic mass is 31.3. The number of benzene rings is 1. The smallest absolute Gasteiger partial charge is 0.482 e. The van der Waals surface area contributed by atoms with Gasteiger partial charge >= 0.3 is 20.3 Å². The van der Waals surface area contributed by atoms with Crippen LogP contribution in [0.3, 0.4) is 0 Å². The molecule has 1 fully saturated rings. The predicted octanol–water partition coefficient (Wildman–Crippen LogP) is 5.60. The summed E-state index contributed by atoms with van der Waals surface area (Å²) in [5.41, 5.74) is -1.08. The van der Waals surface area contributed by atoms with Gasteiger partial charge in [0.15, 0.2) is 17.7 Å². The number of carbonyl (C=O) groups excluding carboxylic acids is 3. The fourth-order valence-corrected chi connectivity index (χ4v) is 5.38. The summed E-state index contributed by atoms with van der Waals surface area (Å²) in [5.74, 6) is -0.888. The first-order valence-electron chi connectivity index (χ1n) is 11.3. The highest BCUT2D eigenvalue weighted by Gasteiger charge is 2.55. The second-order valence-electron chi connectivity index (χ2n) is 10.2. The SMILES string of the molecule is COC(=O)[C@@H]1CC2(CC(=O)c3c(c(C)nc4ccc(C[P+](F)(F)F)cc34)O2)CN1C(=O)OC(C)(C)C. The van der Waals surface area contributed by atoms with E-state index in [0.29, 0.717) is 11.2 Å². The van der Waals surface area contributed by atoms with Crippen LogP contribution in [0.5, 0.6) is 5.75 Å². The number of likely N-dealkylation sites (tertiary alicyclic amines) is 1. The fraction of sp³-hybridized carbons (Fsp3) is 0.500. The van der Waals surface area contributed by atoms with Crippen molar-refractivity contribution in [1.82, 2.24) is 9.88 Å². The lowest BCUT2D eigenvalue weighted by molar-refractivity contribution is -0.145. The van der Waals surface area contributed by atoms with E-state index in [-0.39, 0.29) is 47.4 Å². The maximum absolute atomic E-state index is 13.5. The molecule has 2 aliphatic rings. The van der Waals surface area contributed by atoms with Crippen LogP contribution in [0.1, 0.15) is 55.2 Å². The number of halogens is 3. The lowest BCUT2D eigenvalue weighted by Crippen LogP contribution is -2.47. The Morgan fingerprint density at radius 3 is 2.58 bits per heavy atom. The lowest BCUT2D eigenvalue weighted by atomic mass is 9.86. The second-order valence-corrected chi connectivity index (χ2v) is 11.6. The first-order chi connectivity index (χ1) is 16.6. The van der Waals surface area contributed by atoms with E-state index in [0.717, 1.165) is 0 Å². The average Bonchev–Trinajstić information content (AvgIpc) is 3.10. The quantitative estimate of drug-likeness (QED) is 0.379. The van der Waals surface area contributed by atoms with Crippen LogP contribution in [-0.4, -0.2) is 58.6 Å². The Labute approximate surface area is 206 Å². The minimum absolute atomic E-state index is 0.0137. The molecule has 0 bridgehead atoms. The number of hydrogen-bond donors (Lipinski definition) is 0. The molecule has 8 nitrogen and oxygen atoms in total. The number of methoxy groups -OCH3 is 1. The van der Waals surface area contributed by atoms with Crippen LogP contribution in [0.2, 0.25) is 0 Å². The summed E-state index contributed by atoms with van der Waals surface area (Å²) < 4.78 is 55.9. The van der Waals surface area contributed by atoms with Crippen LogP contribution in [0.4, 0.5) is 17.4 Å². The number of amides is 1. The van der Waals surface area contributed by atoms with Gasteiger partial charge in [-0.25, -0.2) is 14.6 Å². The number of ketones is 1. The minimum Gasteiger partial charge on any atom is -0.482 e. The third-order valence-electron chi connectivity index (χ3n) is 6.12. The number of pyridine rings is 1. The molecule has 4 rings (SSSR count). The van der Waals surface area contributed by atoms with Crippen molar-refractivity contribution in [3.05, 3.63) is 35.0 Å². The Morgan fingerprint density at radius 1 is 1.28 bits per heavy atom. The van der Waals surface area contributed by atoms with Crippen molar-refractivity contribution in [3.63, 3.8) is 0 Å². The number of Topliss-reactive ketones (excluding diaryl/α,β-unsaturated/α-hetero) is 1. The Bertz CT molecular complexity index is 1260. The zero-order chi connectivity index (χ0) is 26.6. The van der Waals surface area contributed by atoms with E-state index >= 15 is 0 Å². The van der Waals surface area contributed by atoms with Crippen molar-refractivity contribution >= 4 is 36.9 Å². The van der Waals surface area contributed by atoms with Crippen molar-refractivity contribution in [1.29, 1.82) is 0 Å². The second kappa shape index (κ2) is 8.87. The van der Waals surface area contributed by atoms with Gasteiger partial charge in [0.2, 0.25) is 0 Å². The summed E-state index contributed by atoms with van der Waals surface area (Å²) in [6.45, 7) is 6.60. The molecule has 1 saturated heterocycles. The van der Waals surface area contributed by atoms with E-state index in [1.807, 2.05) is 0 Å². The van der Waals surface area contributed by atoms with E-state index in [1.54, 1.807) is 27.7 Å². The van der Waals surface area contributed by atoms with E-state index in [9.17, 15) is 27.0 Å². The minimum atomic E-state index is -5.57. The normalized spacial score (nSPS) is 21.9. The summed E-state index contributed by atoms with van der Waals surface area (Å²) in [5, 5.41) is 0.285. The standard InChI is InChI=1S/C24H27F3N2O6P/c1-13-20-19(15-8-14(11-36(25,26)27)6-7-16(15)28-13)18(30)10-24(34-20)9-17(21(31)33-5)29(12-24)22(32)35-23(2,3)4/h6-8,17H,9-12H2,1-5H3/q+1/t17-,24?/m0/s1. The molecule has 0 aliphatic carbocycles. The van der Waals surface area contributed by atoms with E-state index in [1.165, 1.54) is 30.2 Å². The molecule has 2 aromatic rings. The molecule has 1 spiro atoms. The first kappa shape index (κ1) is 26.1. The van der Waals surface area contributed by atoms with Crippen LogP contribution in [0.25, 0.3) is 10.9 Å². The van der Waals surface area contributed by atoms with Gasteiger partial charge in [0.25, 0.3) is 0 Å². The molecule has 1 unspecified atom stereocenters. The number of hydrogen-bond acceptors (Lipinski definition) is 7. The van der Waals surface area contributed by atoms with Crippen LogP contribution >= 0.6 is 8.19 Å². The van der Waals surface area contributed by atoms with Crippen LogP contribution < -0.4 is 4.74 Å². The molecule has 3 heterocycles. The topological polar surface area (TPSA) is 95.0 Å². The van der Waals surface area contributed by atoms with Crippen molar-refractivity contribution < 1.29 is 41.2 Å². The van der Waals surface area contributed by atoms with E-state index in [2.05, 4.69) is 4.98 Å². The van der Waals surface area contributed by atoms with Gasteiger partial charge in [-0.1, -0.05) is 6.07 Å². The van der Waals surface area contributed by atoms with E-state index < -0.39 is 43.7 Å². The number of fused-ring (bicyclic) bond motifs is 3. The van der Waals surface area contributed by atoms with Crippen molar-refractivity contribution in [2.45, 2.75) is 63.9 Å². The summed E-state index contributed by atoms with van der Waals surface area (Å²) in [4.78, 5) is 44.5. The molecule has 12 heteroatoms. The third kappa shape index (κ3) is 5.12. The van der Waals surface area contributed by atoms with Gasteiger partial charge in [-0.3, -0.25) is 9.69 Å². The highest BCUT2D eigenvalue weighted by Crippen LogP contribution is 2.66. The number of ether oxygens (including phenoxy) is 3. The summed E-state index contributed by atoms with van der Waals surface area (Å²) >= 11 is 0. The molecule has 0 N–H and O–H groups in total. The number of nitrogens with zero attached hydrogens (tertiary/aromatic N) is 2. The predicted molar refractivity (Wildman–Crippen MR) is 126 cm³/mol. The van der Waals surface area contributed by atoms with Crippen LogP contribution in [0, 0.1) is 6.92 Å². The van der Waals surface area contributed by atoms with Crippen molar-refractivity contribution in [3.8, 4) is 5.75 Å². The zero-order valence-electron chi connectivity index (χ0n) is 20.6. The zero-order valence-corrected chi connectivity index (χ0v) is 21.5. The molecule has 2 aliphatic heterocycles. The number of aryl methyl sites for hydroxylation is 1. The first-order valence-corrected chi connectivity index (χ1v) is 13.0. The third-order valence-corrected chi connectivity index (χ3v) is 6.84. The van der Waals surface area contributed by atoms with E-state index in [4.69, 9.17) is 14.2 Å². The molecule has 36 heavy (non-hydrogen) atoms. The highest BCUT2D eigenvalue weighted by molar-refractivity contribution is 7.59. The van der Waals surface area contributed by atoms with Crippen molar-refractivity contribution in [2.75, 3.05) is 13.7 Å². The summed E-state index contributed by atoms with van der Waals surface area (Å²) in [6.07, 6.45) is -1.97. The molecular weight excluding hydrogens is 500 g/mol. The largest absolute Gasteiger partial charge is 0.573 e. The molecule has 1 aromatic carbocycles. The Kier molecular flexibility index (Phi) is 6.44. The number of aromatic nitrogens is 1. The number of esters is 1. The number of rotatable bonds is 3. The van der Waals surface area contributed by atoms with Gasteiger partial charge in [-0.15, -0.1) is 0 Å². The van der Waals surface area contributed by atoms with Gasteiger partial charge in [-0.2, -0.15) is 0 Å². The Balaban J connectivity index is 1.74. The summed E-state index contributed by atoms with van der Waals surface area (Å²) in [6, 6.07) is 3.14. The monoisotopic (exact) mass is 527 g/mol. The Hall–Kier alpha value is -2.94. The molecule has 1 amide bonds. The fourth-order valence-electron chi connectivity index (χ4n) is 4.76. The van der Waals surface area contributed by atoms with Crippen LogP contribution in [-0.2, 0) is 20.4 Å². The Morgan fingerprint density at radius 2 is 1.97 bits per heavy atom. The average molecular weight is 527 g/mol. The van der Waals surface area contributed by atoms with Gasteiger partial charge in [0, 0.05) is 24.4 Å². The molecule has 1 aromatic heterocycles. The lowest BCUT2D eigenvalue weighted by Gasteiger charge is -2.35. The van der Waals surface area contributed by atoms with Gasteiger partial charge in [-0.05, 0) is 45.4 Å².